The molecular formula is C20H19F3N4OS. The molecule has 1 saturated heterocycles. The van der Waals surface area contributed by atoms with Crippen molar-refractivity contribution in [1.29, 1.82) is 0 Å². The number of nitrogens with zero attached hydrogens (tertiary/aromatic N) is 4. The third kappa shape index (κ3) is 4.19. The molecular weight excluding hydrogens is 401 g/mol. The number of hydrogen-bond acceptors (Lipinski definition) is 4. The molecule has 1 aliphatic rings. The van der Waals surface area contributed by atoms with E-state index in [0.717, 1.165) is 0 Å². The highest BCUT2D eigenvalue weighted by Gasteiger charge is 2.25. The van der Waals surface area contributed by atoms with Gasteiger partial charge in [0.25, 0.3) is 5.76 Å². The predicted octanol–water partition coefficient (Wildman–Crippen LogP) is 3.84. The predicted molar refractivity (Wildman–Crippen MR) is 107 cm³/mol. The van der Waals surface area contributed by atoms with Crippen molar-refractivity contribution in [2.24, 2.45) is 0 Å². The number of rotatable bonds is 5. The standard InChI is InChI=1S/C20H19F3N4OS/c21-14-5-1-3-7-16(14)25-9-11-26(12-10-25)18(28)13-27-17-8-4-2-6-15(17)24-20(27)29-19(22)23/h1-8,19H,9-13H2. The Hall–Kier alpha value is -2.68. The van der Waals surface area contributed by atoms with Crippen LogP contribution in [0.5, 0.6) is 0 Å². The zero-order valence-corrected chi connectivity index (χ0v) is 16.3. The Bertz CT molecular complexity index is 1020. The van der Waals surface area contributed by atoms with Gasteiger partial charge in [-0.2, -0.15) is 8.78 Å². The van der Waals surface area contributed by atoms with Crippen molar-refractivity contribution in [3.63, 3.8) is 0 Å². The number of para-hydroxylation sites is 3. The third-order valence-corrected chi connectivity index (χ3v) is 5.63. The van der Waals surface area contributed by atoms with E-state index < -0.39 is 5.76 Å². The lowest BCUT2D eigenvalue weighted by Crippen LogP contribution is -2.49. The minimum absolute atomic E-state index is 0.0603. The lowest BCUT2D eigenvalue weighted by Gasteiger charge is -2.36. The number of piperazine rings is 1. The van der Waals surface area contributed by atoms with Gasteiger partial charge in [-0.15, -0.1) is 0 Å². The van der Waals surface area contributed by atoms with E-state index in [1.54, 1.807) is 47.4 Å². The second-order valence-electron chi connectivity index (χ2n) is 6.67. The minimum atomic E-state index is -2.62. The van der Waals surface area contributed by atoms with Gasteiger partial charge >= 0.3 is 0 Å². The topological polar surface area (TPSA) is 41.4 Å². The van der Waals surface area contributed by atoms with Gasteiger partial charge in [0.1, 0.15) is 12.4 Å². The van der Waals surface area contributed by atoms with E-state index in [2.05, 4.69) is 4.98 Å². The molecule has 1 aliphatic heterocycles. The molecule has 0 atom stereocenters. The van der Waals surface area contributed by atoms with Gasteiger partial charge in [0.15, 0.2) is 5.16 Å². The average molecular weight is 420 g/mol. The first-order chi connectivity index (χ1) is 14.0. The van der Waals surface area contributed by atoms with Crippen LogP contribution < -0.4 is 4.90 Å². The number of fused-ring (bicyclic) bond motifs is 1. The first-order valence-electron chi connectivity index (χ1n) is 9.20. The van der Waals surface area contributed by atoms with E-state index in [4.69, 9.17) is 0 Å². The molecule has 1 amide bonds. The highest BCUT2D eigenvalue weighted by atomic mass is 32.2. The van der Waals surface area contributed by atoms with Gasteiger partial charge in [0.2, 0.25) is 5.91 Å². The Kier molecular flexibility index (Phi) is 5.66. The van der Waals surface area contributed by atoms with Gasteiger partial charge in [-0.3, -0.25) is 4.79 Å². The van der Waals surface area contributed by atoms with E-state index >= 15 is 0 Å². The van der Waals surface area contributed by atoms with Crippen LogP contribution in [0.1, 0.15) is 0 Å². The Balaban J connectivity index is 1.47. The van der Waals surface area contributed by atoms with Crippen molar-refractivity contribution in [2.75, 3.05) is 31.1 Å². The molecule has 9 heteroatoms. The zero-order chi connectivity index (χ0) is 20.4. The lowest BCUT2D eigenvalue weighted by molar-refractivity contribution is -0.132. The summed E-state index contributed by atoms with van der Waals surface area (Å²) in [6.07, 6.45) is 0. The summed E-state index contributed by atoms with van der Waals surface area (Å²) in [6.45, 7) is 1.84. The van der Waals surface area contributed by atoms with Crippen LogP contribution in [0, 0.1) is 5.82 Å². The van der Waals surface area contributed by atoms with Crippen LogP contribution in [0.3, 0.4) is 0 Å². The molecule has 1 fully saturated rings. The maximum atomic E-state index is 14.0. The SMILES string of the molecule is O=C(Cn1c(SC(F)F)nc2ccccc21)N1CCN(c2ccccc2F)CC1. The number of imidazole rings is 1. The number of aromatic nitrogens is 2. The first kappa shape index (κ1) is 19.6. The molecule has 1 aromatic heterocycles. The molecule has 0 saturated carbocycles. The van der Waals surface area contributed by atoms with E-state index in [-0.39, 0.29) is 23.4 Å². The van der Waals surface area contributed by atoms with Gasteiger partial charge in [0, 0.05) is 26.2 Å². The Morgan fingerprint density at radius 2 is 1.72 bits per heavy atom. The van der Waals surface area contributed by atoms with Crippen LogP contribution in [0.4, 0.5) is 18.9 Å². The van der Waals surface area contributed by atoms with Crippen molar-refractivity contribution in [1.82, 2.24) is 14.5 Å². The van der Waals surface area contributed by atoms with Crippen LogP contribution in [-0.2, 0) is 11.3 Å². The van der Waals surface area contributed by atoms with Gasteiger partial charge in [-0.25, -0.2) is 9.37 Å². The lowest BCUT2D eigenvalue weighted by atomic mass is 10.2. The van der Waals surface area contributed by atoms with E-state index in [9.17, 15) is 18.0 Å². The smallest absolute Gasteiger partial charge is 0.291 e. The Morgan fingerprint density at radius 3 is 2.45 bits per heavy atom. The normalized spacial score (nSPS) is 14.8. The number of thioether (sulfide) groups is 1. The molecule has 5 nitrogen and oxygen atoms in total. The molecule has 0 bridgehead atoms. The molecule has 2 heterocycles. The summed E-state index contributed by atoms with van der Waals surface area (Å²) in [6, 6.07) is 13.6. The fourth-order valence-electron chi connectivity index (χ4n) is 3.52. The molecule has 0 radical (unpaired) electrons. The number of anilines is 1. The second kappa shape index (κ2) is 8.36. The Labute approximate surface area is 170 Å². The highest BCUT2D eigenvalue weighted by molar-refractivity contribution is 7.99. The number of benzene rings is 2. The second-order valence-corrected chi connectivity index (χ2v) is 7.62. The van der Waals surface area contributed by atoms with E-state index in [1.165, 1.54) is 10.6 Å². The summed E-state index contributed by atoms with van der Waals surface area (Å²) in [7, 11) is 0. The van der Waals surface area contributed by atoms with Crippen LogP contribution in [0.15, 0.2) is 53.7 Å². The van der Waals surface area contributed by atoms with Gasteiger partial charge < -0.3 is 14.4 Å². The maximum absolute atomic E-state index is 14.0. The number of halogens is 3. The summed E-state index contributed by atoms with van der Waals surface area (Å²) in [5.41, 5.74) is 1.75. The molecule has 3 aromatic rings. The molecule has 152 valence electrons. The van der Waals surface area contributed by atoms with E-state index in [0.29, 0.717) is 54.7 Å². The van der Waals surface area contributed by atoms with Crippen molar-refractivity contribution in [2.45, 2.75) is 17.5 Å². The summed E-state index contributed by atoms with van der Waals surface area (Å²) in [5.74, 6) is -3.08. The quantitative estimate of drug-likeness (QED) is 0.588. The number of hydrogen-bond donors (Lipinski definition) is 0. The molecule has 0 unspecified atom stereocenters. The number of carbonyl (C=O) groups excluding carboxylic acids is 1. The summed E-state index contributed by atoms with van der Waals surface area (Å²) in [4.78, 5) is 20.7. The zero-order valence-electron chi connectivity index (χ0n) is 15.5. The number of amides is 1. The van der Waals surface area contributed by atoms with Gasteiger partial charge in [-0.1, -0.05) is 24.3 Å². The van der Waals surface area contributed by atoms with Gasteiger partial charge in [-0.05, 0) is 36.0 Å². The molecule has 0 N–H and O–H groups in total. The maximum Gasteiger partial charge on any atom is 0.291 e. The molecule has 0 spiro atoms. The minimum Gasteiger partial charge on any atom is -0.366 e. The van der Waals surface area contributed by atoms with Crippen LogP contribution in [0.2, 0.25) is 0 Å². The average Bonchev–Trinajstić information content (AvgIpc) is 3.05. The molecule has 2 aromatic carbocycles. The molecule has 29 heavy (non-hydrogen) atoms. The van der Waals surface area contributed by atoms with E-state index in [1.807, 2.05) is 4.90 Å². The fraction of sp³-hybridized carbons (Fsp3) is 0.300. The van der Waals surface area contributed by atoms with Crippen molar-refractivity contribution in [3.05, 3.63) is 54.3 Å². The third-order valence-electron chi connectivity index (χ3n) is 4.93. The molecule has 0 aliphatic carbocycles. The first-order valence-corrected chi connectivity index (χ1v) is 10.1. The monoisotopic (exact) mass is 420 g/mol. The van der Waals surface area contributed by atoms with Crippen molar-refractivity contribution in [3.8, 4) is 0 Å². The molecule has 4 rings (SSSR count). The fourth-order valence-corrected chi connectivity index (χ4v) is 4.12. The summed E-state index contributed by atoms with van der Waals surface area (Å²) in [5, 5.41) is 0.125. The van der Waals surface area contributed by atoms with Crippen LogP contribution >= 0.6 is 11.8 Å². The summed E-state index contributed by atoms with van der Waals surface area (Å²) >= 11 is 0.337. The highest BCUT2D eigenvalue weighted by Crippen LogP contribution is 2.28. The number of alkyl halides is 2. The van der Waals surface area contributed by atoms with Gasteiger partial charge in [0.05, 0.1) is 16.7 Å². The summed E-state index contributed by atoms with van der Waals surface area (Å²) < 4.78 is 41.4. The van der Waals surface area contributed by atoms with Crippen LogP contribution in [-0.4, -0.2) is 52.3 Å². The number of carbonyl (C=O) groups is 1. The van der Waals surface area contributed by atoms with Crippen molar-refractivity contribution < 1.29 is 18.0 Å². The largest absolute Gasteiger partial charge is 0.366 e. The Morgan fingerprint density at radius 1 is 1.03 bits per heavy atom. The van der Waals surface area contributed by atoms with Crippen LogP contribution in [0.25, 0.3) is 11.0 Å². The van der Waals surface area contributed by atoms with Crippen molar-refractivity contribution >= 4 is 34.4 Å².